The van der Waals surface area contributed by atoms with Crippen LogP contribution >= 0.6 is 0 Å². The zero-order chi connectivity index (χ0) is 14.5. The molecule has 0 saturated carbocycles. The van der Waals surface area contributed by atoms with E-state index in [1.807, 2.05) is 6.92 Å². The molecule has 0 aromatic heterocycles. The predicted octanol–water partition coefficient (Wildman–Crippen LogP) is 1.89. The van der Waals surface area contributed by atoms with Gasteiger partial charge in [0.25, 0.3) is 5.91 Å². The highest BCUT2D eigenvalue weighted by atomic mass is 19.4. The lowest BCUT2D eigenvalue weighted by atomic mass is 10.1. The number of nitrogens with two attached hydrogens (primary N) is 1. The number of alkyl halides is 3. The summed E-state index contributed by atoms with van der Waals surface area (Å²) >= 11 is 0. The van der Waals surface area contributed by atoms with Gasteiger partial charge >= 0.3 is 6.18 Å². The van der Waals surface area contributed by atoms with Crippen LogP contribution in [0.25, 0.3) is 0 Å². The standard InChI is InChI=1S/C12H15F3N2O2/c1-2-8-3-4-10(9(16)5-8)19-6-11(18)17-7-12(13,14)15/h3-5H,2,6-7,16H2,1H3,(H,17,18). The summed E-state index contributed by atoms with van der Waals surface area (Å²) < 4.78 is 40.6. The molecule has 1 aromatic rings. The van der Waals surface area contributed by atoms with Crippen molar-refractivity contribution in [1.29, 1.82) is 0 Å². The number of carbonyl (C=O) groups is 1. The Kier molecular flexibility index (Phi) is 5.02. The molecule has 0 saturated heterocycles. The molecule has 0 radical (unpaired) electrons. The molecule has 0 aliphatic carbocycles. The highest BCUT2D eigenvalue weighted by Gasteiger charge is 2.27. The zero-order valence-electron chi connectivity index (χ0n) is 10.4. The van der Waals surface area contributed by atoms with Crippen LogP contribution in [0.5, 0.6) is 5.75 Å². The van der Waals surface area contributed by atoms with Crippen LogP contribution in [-0.2, 0) is 11.2 Å². The topological polar surface area (TPSA) is 64.3 Å². The number of nitrogens with one attached hydrogen (secondary N) is 1. The minimum atomic E-state index is -4.43. The van der Waals surface area contributed by atoms with Crippen LogP contribution in [0.1, 0.15) is 12.5 Å². The van der Waals surface area contributed by atoms with Crippen LogP contribution in [0.4, 0.5) is 18.9 Å². The van der Waals surface area contributed by atoms with E-state index >= 15 is 0 Å². The Hall–Kier alpha value is -1.92. The van der Waals surface area contributed by atoms with Crippen LogP contribution in [0, 0.1) is 0 Å². The van der Waals surface area contributed by atoms with E-state index in [-0.39, 0.29) is 5.75 Å². The first kappa shape index (κ1) is 15.1. The van der Waals surface area contributed by atoms with Crippen LogP contribution in [0.3, 0.4) is 0 Å². The summed E-state index contributed by atoms with van der Waals surface area (Å²) in [6.07, 6.45) is -3.63. The van der Waals surface area contributed by atoms with Gasteiger partial charge in [0.05, 0.1) is 5.69 Å². The number of anilines is 1. The molecule has 7 heteroatoms. The Morgan fingerprint density at radius 3 is 2.63 bits per heavy atom. The monoisotopic (exact) mass is 276 g/mol. The van der Waals surface area contributed by atoms with Crippen molar-refractivity contribution >= 4 is 11.6 Å². The molecule has 0 heterocycles. The highest BCUT2D eigenvalue weighted by molar-refractivity contribution is 5.77. The second-order valence-electron chi connectivity index (χ2n) is 3.91. The first-order valence-electron chi connectivity index (χ1n) is 5.66. The third-order valence-corrected chi connectivity index (χ3v) is 2.33. The van der Waals surface area contributed by atoms with Gasteiger partial charge in [0.1, 0.15) is 12.3 Å². The van der Waals surface area contributed by atoms with Gasteiger partial charge in [0, 0.05) is 0 Å². The molecule has 3 N–H and O–H groups in total. The first-order valence-corrected chi connectivity index (χ1v) is 5.66. The smallest absolute Gasteiger partial charge is 0.405 e. The van der Waals surface area contributed by atoms with Gasteiger partial charge in [0.2, 0.25) is 0 Å². The Bertz CT molecular complexity index is 447. The molecule has 4 nitrogen and oxygen atoms in total. The molecular weight excluding hydrogens is 261 g/mol. The third kappa shape index (κ3) is 5.50. The summed E-state index contributed by atoms with van der Waals surface area (Å²) in [6.45, 7) is 0.0745. The number of aryl methyl sites for hydroxylation is 1. The molecule has 106 valence electrons. The van der Waals surface area contributed by atoms with E-state index in [9.17, 15) is 18.0 Å². The van der Waals surface area contributed by atoms with E-state index < -0.39 is 25.2 Å². The Balaban J connectivity index is 2.46. The quantitative estimate of drug-likeness (QED) is 0.807. The number of amides is 1. The minimum Gasteiger partial charge on any atom is -0.482 e. The van der Waals surface area contributed by atoms with Gasteiger partial charge in [-0.2, -0.15) is 13.2 Å². The van der Waals surface area contributed by atoms with Gasteiger partial charge in [0.15, 0.2) is 6.61 Å². The van der Waals surface area contributed by atoms with Gasteiger partial charge in [-0.05, 0) is 24.1 Å². The van der Waals surface area contributed by atoms with E-state index in [4.69, 9.17) is 10.5 Å². The fourth-order valence-electron chi connectivity index (χ4n) is 1.34. The SMILES string of the molecule is CCc1ccc(OCC(=O)NCC(F)(F)F)c(N)c1. The van der Waals surface area contributed by atoms with Crippen molar-refractivity contribution in [3.63, 3.8) is 0 Å². The fourth-order valence-corrected chi connectivity index (χ4v) is 1.34. The maximum atomic E-state index is 11.9. The lowest BCUT2D eigenvalue weighted by Crippen LogP contribution is -2.36. The van der Waals surface area contributed by atoms with Crippen LogP contribution < -0.4 is 15.8 Å². The van der Waals surface area contributed by atoms with Crippen LogP contribution in [0.2, 0.25) is 0 Å². The Morgan fingerprint density at radius 2 is 2.11 bits per heavy atom. The van der Waals surface area contributed by atoms with E-state index in [1.165, 1.54) is 0 Å². The van der Waals surface area contributed by atoms with Crippen molar-refractivity contribution in [1.82, 2.24) is 5.32 Å². The van der Waals surface area contributed by atoms with E-state index in [2.05, 4.69) is 0 Å². The van der Waals surface area contributed by atoms with Crippen LogP contribution in [0.15, 0.2) is 18.2 Å². The van der Waals surface area contributed by atoms with Crippen LogP contribution in [-0.4, -0.2) is 25.2 Å². The number of ether oxygens (including phenoxy) is 1. The Labute approximate surface area is 108 Å². The zero-order valence-corrected chi connectivity index (χ0v) is 10.4. The molecule has 1 aromatic carbocycles. The van der Waals surface area contributed by atoms with Crippen molar-refractivity contribution in [2.45, 2.75) is 19.5 Å². The number of nitrogen functional groups attached to an aromatic ring is 1. The number of rotatable bonds is 5. The number of benzene rings is 1. The lowest BCUT2D eigenvalue weighted by Gasteiger charge is -2.11. The molecule has 0 fully saturated rings. The first-order chi connectivity index (χ1) is 8.81. The summed E-state index contributed by atoms with van der Waals surface area (Å²) in [5, 5.41) is 1.71. The van der Waals surface area contributed by atoms with Crippen molar-refractivity contribution < 1.29 is 22.7 Å². The molecule has 1 rings (SSSR count). The third-order valence-electron chi connectivity index (χ3n) is 2.33. The highest BCUT2D eigenvalue weighted by Crippen LogP contribution is 2.22. The van der Waals surface area contributed by atoms with Gasteiger partial charge in [-0.15, -0.1) is 0 Å². The largest absolute Gasteiger partial charge is 0.482 e. The number of hydrogen-bond acceptors (Lipinski definition) is 3. The molecule has 0 spiro atoms. The molecule has 0 unspecified atom stereocenters. The molecule has 0 aliphatic rings. The molecule has 19 heavy (non-hydrogen) atoms. The average Bonchev–Trinajstić information content (AvgIpc) is 2.34. The van der Waals surface area contributed by atoms with Crippen molar-refractivity contribution in [2.75, 3.05) is 18.9 Å². The fraction of sp³-hybridized carbons (Fsp3) is 0.417. The van der Waals surface area contributed by atoms with E-state index in [1.54, 1.807) is 23.5 Å². The van der Waals surface area contributed by atoms with Crippen molar-refractivity contribution in [3.05, 3.63) is 23.8 Å². The molecule has 0 atom stereocenters. The second kappa shape index (κ2) is 6.31. The summed E-state index contributed by atoms with van der Waals surface area (Å²) in [4.78, 5) is 11.1. The molecular formula is C12H15F3N2O2. The maximum absolute atomic E-state index is 11.9. The molecule has 1 amide bonds. The number of carbonyl (C=O) groups excluding carboxylic acids is 1. The predicted molar refractivity (Wildman–Crippen MR) is 64.8 cm³/mol. The molecule has 0 bridgehead atoms. The van der Waals surface area contributed by atoms with E-state index in [0.29, 0.717) is 5.69 Å². The lowest BCUT2D eigenvalue weighted by molar-refractivity contribution is -0.139. The maximum Gasteiger partial charge on any atom is 0.405 e. The van der Waals surface area contributed by atoms with Gasteiger partial charge in [-0.25, -0.2) is 0 Å². The summed E-state index contributed by atoms with van der Waals surface area (Å²) in [5.74, 6) is -0.573. The van der Waals surface area contributed by atoms with Gasteiger partial charge < -0.3 is 15.8 Å². The van der Waals surface area contributed by atoms with E-state index in [0.717, 1.165) is 12.0 Å². The summed E-state index contributed by atoms with van der Waals surface area (Å²) in [7, 11) is 0. The van der Waals surface area contributed by atoms with Gasteiger partial charge in [-0.1, -0.05) is 13.0 Å². The Morgan fingerprint density at radius 1 is 1.42 bits per heavy atom. The number of hydrogen-bond donors (Lipinski definition) is 2. The van der Waals surface area contributed by atoms with Gasteiger partial charge in [-0.3, -0.25) is 4.79 Å². The molecule has 0 aliphatic heterocycles. The minimum absolute atomic E-state index is 0.277. The second-order valence-corrected chi connectivity index (χ2v) is 3.91. The number of halogens is 3. The average molecular weight is 276 g/mol. The normalized spacial score (nSPS) is 11.2. The van der Waals surface area contributed by atoms with Crippen molar-refractivity contribution in [3.8, 4) is 5.75 Å². The summed E-state index contributed by atoms with van der Waals surface area (Å²) in [6, 6.07) is 5.06. The van der Waals surface area contributed by atoms with Crippen molar-refractivity contribution in [2.24, 2.45) is 0 Å². The summed E-state index contributed by atoms with van der Waals surface area (Å²) in [5.41, 5.74) is 7.05.